The molecule has 7 heteroatoms. The number of hydrogen-bond donors (Lipinski definition) is 1. The second-order valence-corrected chi connectivity index (χ2v) is 5.74. The molecular weight excluding hydrogens is 364 g/mol. The van der Waals surface area contributed by atoms with E-state index >= 15 is 0 Å². The Hall–Kier alpha value is -3.38. The highest BCUT2D eigenvalue weighted by Crippen LogP contribution is 2.21. The maximum atomic E-state index is 9.37. The molecule has 6 nitrogen and oxygen atoms in total. The van der Waals surface area contributed by atoms with Crippen LogP contribution in [0.4, 0.5) is 0 Å². The van der Waals surface area contributed by atoms with Crippen molar-refractivity contribution < 1.29 is 9.84 Å². The Morgan fingerprint density at radius 3 is 2.41 bits per heavy atom. The minimum Gasteiger partial charge on any atom is -0.504 e. The van der Waals surface area contributed by atoms with Crippen LogP contribution in [0.25, 0.3) is 5.82 Å². The Bertz CT molecular complexity index is 963. The van der Waals surface area contributed by atoms with Gasteiger partial charge < -0.3 is 9.84 Å². The smallest absolute Gasteiger partial charge is 0.180 e. The van der Waals surface area contributed by atoms with Crippen molar-refractivity contribution >= 4 is 11.6 Å². The van der Waals surface area contributed by atoms with Gasteiger partial charge in [0.2, 0.25) is 0 Å². The van der Waals surface area contributed by atoms with E-state index in [0.717, 1.165) is 5.56 Å². The van der Waals surface area contributed by atoms with Gasteiger partial charge in [-0.15, -0.1) is 0 Å². The molecule has 1 aromatic carbocycles. The van der Waals surface area contributed by atoms with E-state index in [1.165, 1.54) is 0 Å². The zero-order valence-electron chi connectivity index (χ0n) is 14.3. The minimum absolute atomic E-state index is 0.149. The van der Waals surface area contributed by atoms with Crippen molar-refractivity contribution in [2.75, 3.05) is 0 Å². The van der Waals surface area contributed by atoms with Crippen LogP contribution in [0.5, 0.6) is 11.5 Å². The quantitative estimate of drug-likeness (QED) is 0.535. The molecular formula is C20H17ClN4O2. The molecule has 0 aliphatic heterocycles. The molecule has 3 aromatic heterocycles. The van der Waals surface area contributed by atoms with E-state index in [2.05, 4.69) is 15.0 Å². The van der Waals surface area contributed by atoms with E-state index in [-0.39, 0.29) is 5.75 Å². The van der Waals surface area contributed by atoms with Gasteiger partial charge in [-0.05, 0) is 29.8 Å². The maximum Gasteiger partial charge on any atom is 0.180 e. The van der Waals surface area contributed by atoms with Crippen LogP contribution in [-0.2, 0) is 6.61 Å². The van der Waals surface area contributed by atoms with Crippen molar-refractivity contribution in [1.82, 2.24) is 19.5 Å². The summed E-state index contributed by atoms with van der Waals surface area (Å²) in [5, 5.41) is 9.77. The third kappa shape index (κ3) is 5.29. The number of ether oxygens (including phenoxy) is 1. The van der Waals surface area contributed by atoms with E-state index in [4.69, 9.17) is 16.3 Å². The molecule has 4 rings (SSSR count). The molecule has 136 valence electrons. The number of halogens is 1. The summed E-state index contributed by atoms with van der Waals surface area (Å²) in [6.07, 6.45) is 8.20. The summed E-state index contributed by atoms with van der Waals surface area (Å²) in [7, 11) is 0. The van der Waals surface area contributed by atoms with E-state index in [1.54, 1.807) is 59.9 Å². The first kappa shape index (κ1) is 18.4. The second kappa shape index (κ2) is 9.35. The highest BCUT2D eigenvalue weighted by atomic mass is 35.5. The van der Waals surface area contributed by atoms with Crippen LogP contribution in [0.3, 0.4) is 0 Å². The van der Waals surface area contributed by atoms with Gasteiger partial charge in [0, 0.05) is 24.8 Å². The number of hydrogen-bond acceptors (Lipinski definition) is 5. The number of aromatic nitrogens is 4. The lowest BCUT2D eigenvalue weighted by Crippen LogP contribution is -1.95. The molecule has 0 unspecified atom stereocenters. The number of imidazole rings is 1. The molecule has 0 amide bonds. The fourth-order valence-corrected chi connectivity index (χ4v) is 2.36. The molecule has 0 bridgehead atoms. The van der Waals surface area contributed by atoms with Crippen molar-refractivity contribution in [1.29, 1.82) is 0 Å². The molecule has 1 N–H and O–H groups in total. The number of aromatic hydroxyl groups is 1. The van der Waals surface area contributed by atoms with Crippen LogP contribution in [0.15, 0.2) is 85.7 Å². The molecule has 0 saturated heterocycles. The number of benzene rings is 1. The highest BCUT2D eigenvalue weighted by molar-refractivity contribution is 6.30. The van der Waals surface area contributed by atoms with Gasteiger partial charge in [0.25, 0.3) is 0 Å². The van der Waals surface area contributed by atoms with Crippen LogP contribution in [0.1, 0.15) is 5.56 Å². The van der Waals surface area contributed by atoms with Crippen molar-refractivity contribution in [2.24, 2.45) is 0 Å². The molecule has 3 heterocycles. The minimum atomic E-state index is 0.149. The summed E-state index contributed by atoms with van der Waals surface area (Å²) in [5.74, 6) is 1.26. The van der Waals surface area contributed by atoms with Crippen LogP contribution >= 0.6 is 11.6 Å². The lowest BCUT2D eigenvalue weighted by molar-refractivity contribution is 0.305. The SMILES string of the molecule is Clc1ncccc1OCc1ccccc1.Oc1cccnc1-n1ccnc1. The Morgan fingerprint density at radius 2 is 1.70 bits per heavy atom. The molecule has 0 saturated carbocycles. The highest BCUT2D eigenvalue weighted by Gasteiger charge is 2.02. The normalized spacial score (nSPS) is 9.96. The van der Waals surface area contributed by atoms with Crippen molar-refractivity contribution in [3.63, 3.8) is 0 Å². The van der Waals surface area contributed by atoms with Gasteiger partial charge in [0.15, 0.2) is 22.5 Å². The van der Waals surface area contributed by atoms with Gasteiger partial charge in [-0.2, -0.15) is 0 Å². The van der Waals surface area contributed by atoms with E-state index in [9.17, 15) is 5.11 Å². The third-order valence-electron chi connectivity index (χ3n) is 3.48. The van der Waals surface area contributed by atoms with Crippen molar-refractivity contribution in [3.8, 4) is 17.3 Å². The summed E-state index contributed by atoms with van der Waals surface area (Å²) in [4.78, 5) is 11.8. The van der Waals surface area contributed by atoms with Gasteiger partial charge in [-0.25, -0.2) is 15.0 Å². The predicted octanol–water partition coefficient (Wildman–Crippen LogP) is 4.29. The van der Waals surface area contributed by atoms with Crippen LogP contribution in [0.2, 0.25) is 5.15 Å². The zero-order valence-corrected chi connectivity index (χ0v) is 15.1. The second-order valence-electron chi connectivity index (χ2n) is 5.38. The van der Waals surface area contributed by atoms with Crippen molar-refractivity contribution in [3.05, 3.63) is 96.4 Å². The molecule has 0 atom stereocenters. The van der Waals surface area contributed by atoms with Gasteiger partial charge in [0.1, 0.15) is 12.9 Å². The van der Waals surface area contributed by atoms with Gasteiger partial charge in [-0.3, -0.25) is 4.57 Å². The maximum absolute atomic E-state index is 9.37. The fraction of sp³-hybridized carbons (Fsp3) is 0.0500. The lowest BCUT2D eigenvalue weighted by Gasteiger charge is -2.06. The Morgan fingerprint density at radius 1 is 0.926 bits per heavy atom. The molecule has 0 aliphatic carbocycles. The van der Waals surface area contributed by atoms with Gasteiger partial charge in [0.05, 0.1) is 0 Å². The summed E-state index contributed by atoms with van der Waals surface area (Å²) < 4.78 is 7.18. The first-order valence-electron chi connectivity index (χ1n) is 8.13. The average molecular weight is 381 g/mol. The third-order valence-corrected chi connectivity index (χ3v) is 3.76. The molecule has 0 radical (unpaired) electrons. The fourth-order valence-electron chi connectivity index (χ4n) is 2.19. The van der Waals surface area contributed by atoms with E-state index in [0.29, 0.717) is 23.3 Å². The molecule has 0 aliphatic rings. The summed E-state index contributed by atoms with van der Waals surface area (Å²) >= 11 is 5.85. The van der Waals surface area contributed by atoms with Crippen molar-refractivity contribution in [2.45, 2.75) is 6.61 Å². The number of pyridine rings is 2. The first-order valence-corrected chi connectivity index (χ1v) is 8.51. The number of rotatable bonds is 4. The topological polar surface area (TPSA) is 73.1 Å². The van der Waals surface area contributed by atoms with E-state index in [1.807, 2.05) is 30.3 Å². The summed E-state index contributed by atoms with van der Waals surface area (Å²) in [6.45, 7) is 0.506. The largest absolute Gasteiger partial charge is 0.504 e. The van der Waals surface area contributed by atoms with Crippen LogP contribution < -0.4 is 4.74 Å². The van der Waals surface area contributed by atoms with Crippen LogP contribution in [0, 0.1) is 0 Å². The predicted molar refractivity (Wildman–Crippen MR) is 103 cm³/mol. The average Bonchev–Trinajstić information content (AvgIpc) is 3.24. The monoisotopic (exact) mass is 380 g/mol. The van der Waals surface area contributed by atoms with Gasteiger partial charge in [-0.1, -0.05) is 41.9 Å². The summed E-state index contributed by atoms with van der Waals surface area (Å²) in [6, 6.07) is 16.8. The van der Waals surface area contributed by atoms with E-state index < -0.39 is 0 Å². The Labute approximate surface area is 161 Å². The molecule has 4 aromatic rings. The number of nitrogens with zero attached hydrogens (tertiary/aromatic N) is 4. The Balaban J connectivity index is 0.000000159. The van der Waals surface area contributed by atoms with Gasteiger partial charge >= 0.3 is 0 Å². The first-order chi connectivity index (χ1) is 13.2. The molecule has 27 heavy (non-hydrogen) atoms. The van der Waals surface area contributed by atoms with Crippen LogP contribution in [-0.4, -0.2) is 24.6 Å². The molecule has 0 spiro atoms. The molecule has 0 fully saturated rings. The summed E-state index contributed by atoms with van der Waals surface area (Å²) in [5.41, 5.74) is 1.11. The lowest BCUT2D eigenvalue weighted by atomic mass is 10.2. The Kier molecular flexibility index (Phi) is 6.38. The standard InChI is InChI=1S/C12H10ClNO.C8H7N3O/c13-12-11(7-4-8-14-12)15-9-10-5-2-1-3-6-10;12-7-2-1-3-10-8(7)11-5-4-9-6-11/h1-8H,9H2;1-6,12H. The zero-order chi connectivity index (χ0) is 18.9.